The molecule has 0 unspecified atom stereocenters. The number of H-pyrrole nitrogens is 1. The highest BCUT2D eigenvalue weighted by molar-refractivity contribution is 5.98. The van der Waals surface area contributed by atoms with Gasteiger partial charge in [-0.1, -0.05) is 0 Å². The minimum Gasteiger partial charge on any atom is -0.481 e. The first-order valence-electron chi connectivity index (χ1n) is 5.35. The second-order valence-electron chi connectivity index (χ2n) is 3.91. The van der Waals surface area contributed by atoms with Crippen molar-refractivity contribution in [3.8, 4) is 0 Å². The van der Waals surface area contributed by atoms with Gasteiger partial charge in [-0.15, -0.1) is 0 Å². The number of aliphatic carboxylic acids is 1. The molecule has 1 aliphatic heterocycles. The Morgan fingerprint density at radius 3 is 2.67 bits per heavy atom. The Morgan fingerprint density at radius 1 is 1.44 bits per heavy atom. The van der Waals surface area contributed by atoms with Crippen LogP contribution in [0.4, 0.5) is 5.82 Å². The van der Waals surface area contributed by atoms with Gasteiger partial charge in [-0.25, -0.2) is 4.79 Å². The fraction of sp³-hybridized carbons (Fsp3) is 0.400. The Kier molecular flexibility index (Phi) is 2.77. The quantitative estimate of drug-likeness (QED) is 0.628. The van der Waals surface area contributed by atoms with E-state index < -0.39 is 29.0 Å². The summed E-state index contributed by atoms with van der Waals surface area (Å²) in [5.74, 6) is -3.04. The van der Waals surface area contributed by atoms with Crippen molar-refractivity contribution < 1.29 is 14.7 Å². The summed E-state index contributed by atoms with van der Waals surface area (Å²) in [5.41, 5.74) is -1.52. The fourth-order valence-electron chi connectivity index (χ4n) is 2.03. The number of hydrogen-bond donors (Lipinski definition) is 3. The minimum absolute atomic E-state index is 0.0186. The molecule has 96 valence electrons. The summed E-state index contributed by atoms with van der Waals surface area (Å²) in [4.78, 5) is 47.8. The number of carbonyl (C=O) groups excluding carboxylic acids is 1. The Balaban J connectivity index is 2.80. The Bertz CT molecular complexity index is 642. The highest BCUT2D eigenvalue weighted by Crippen LogP contribution is 2.28. The number of fused-ring (bicyclic) bond motifs is 1. The number of amides is 1. The Hall–Kier alpha value is -2.38. The zero-order chi connectivity index (χ0) is 13.4. The van der Waals surface area contributed by atoms with Crippen LogP contribution in [0, 0.1) is 0 Å². The number of aromatic amines is 1. The summed E-state index contributed by atoms with van der Waals surface area (Å²) in [7, 11) is 0. The number of carbonyl (C=O) groups is 2. The molecule has 1 amide bonds. The third-order valence-corrected chi connectivity index (χ3v) is 2.85. The van der Waals surface area contributed by atoms with Crippen LogP contribution in [0.15, 0.2) is 9.59 Å². The van der Waals surface area contributed by atoms with Gasteiger partial charge < -0.3 is 10.4 Å². The molecule has 8 nitrogen and oxygen atoms in total. The van der Waals surface area contributed by atoms with E-state index >= 15 is 0 Å². The molecule has 0 radical (unpaired) electrons. The monoisotopic (exact) mass is 253 g/mol. The molecule has 0 aliphatic carbocycles. The summed E-state index contributed by atoms with van der Waals surface area (Å²) in [5, 5.41) is 11.4. The molecule has 0 saturated carbocycles. The van der Waals surface area contributed by atoms with Gasteiger partial charge in [0.05, 0.1) is 11.5 Å². The van der Waals surface area contributed by atoms with Crippen LogP contribution in [0.2, 0.25) is 0 Å². The van der Waals surface area contributed by atoms with Crippen LogP contribution in [0.3, 0.4) is 0 Å². The van der Waals surface area contributed by atoms with Crippen LogP contribution in [-0.4, -0.2) is 26.5 Å². The van der Waals surface area contributed by atoms with E-state index in [1.807, 2.05) is 0 Å². The SMILES string of the molecule is CCn1c2c(c(=O)[nH]c1=O)[C@H](C(=O)O)CC(=O)N2. The van der Waals surface area contributed by atoms with Crippen molar-refractivity contribution in [2.24, 2.45) is 0 Å². The van der Waals surface area contributed by atoms with Crippen LogP contribution in [0.5, 0.6) is 0 Å². The zero-order valence-electron chi connectivity index (χ0n) is 9.52. The first kappa shape index (κ1) is 12.1. The van der Waals surface area contributed by atoms with Crippen LogP contribution < -0.4 is 16.6 Å². The first-order chi connectivity index (χ1) is 8.45. The lowest BCUT2D eigenvalue weighted by Crippen LogP contribution is -2.41. The van der Waals surface area contributed by atoms with Gasteiger partial charge in [0.2, 0.25) is 5.91 Å². The molecule has 2 rings (SSSR count). The normalized spacial score (nSPS) is 18.1. The topological polar surface area (TPSA) is 121 Å². The molecule has 3 N–H and O–H groups in total. The smallest absolute Gasteiger partial charge is 0.329 e. The third kappa shape index (κ3) is 1.71. The largest absolute Gasteiger partial charge is 0.481 e. The van der Waals surface area contributed by atoms with Crippen LogP contribution >= 0.6 is 0 Å². The van der Waals surface area contributed by atoms with Gasteiger partial charge in [0, 0.05) is 13.0 Å². The van der Waals surface area contributed by atoms with E-state index in [2.05, 4.69) is 10.3 Å². The molecule has 8 heteroatoms. The third-order valence-electron chi connectivity index (χ3n) is 2.85. The van der Waals surface area contributed by atoms with Crippen LogP contribution in [0.25, 0.3) is 0 Å². The summed E-state index contributed by atoms with van der Waals surface area (Å²) >= 11 is 0. The molecule has 0 aromatic carbocycles. The molecule has 0 bridgehead atoms. The maximum absolute atomic E-state index is 11.7. The summed E-state index contributed by atoms with van der Waals surface area (Å²) in [6.45, 7) is 1.86. The molecule has 2 heterocycles. The maximum Gasteiger partial charge on any atom is 0.329 e. The van der Waals surface area contributed by atoms with E-state index in [0.717, 1.165) is 4.57 Å². The van der Waals surface area contributed by atoms with Crippen molar-refractivity contribution >= 4 is 17.7 Å². The summed E-state index contributed by atoms with van der Waals surface area (Å²) in [6, 6.07) is 0. The molecule has 1 aromatic rings. The van der Waals surface area contributed by atoms with E-state index in [-0.39, 0.29) is 24.3 Å². The van der Waals surface area contributed by atoms with Crippen molar-refractivity contribution in [2.45, 2.75) is 25.8 Å². The van der Waals surface area contributed by atoms with E-state index in [1.54, 1.807) is 6.92 Å². The number of rotatable bonds is 2. The van der Waals surface area contributed by atoms with Crippen LogP contribution in [-0.2, 0) is 16.1 Å². The maximum atomic E-state index is 11.7. The van der Waals surface area contributed by atoms with Gasteiger partial charge in [-0.3, -0.25) is 23.9 Å². The summed E-state index contributed by atoms with van der Waals surface area (Å²) in [6.07, 6.45) is -0.312. The van der Waals surface area contributed by atoms with Gasteiger partial charge in [0.15, 0.2) is 0 Å². The molecule has 0 fully saturated rings. The lowest BCUT2D eigenvalue weighted by molar-refractivity contribution is -0.140. The number of nitrogens with one attached hydrogen (secondary N) is 2. The predicted octanol–water partition coefficient (Wildman–Crippen LogP) is -0.933. The average Bonchev–Trinajstić information content (AvgIpc) is 2.27. The van der Waals surface area contributed by atoms with Crippen LogP contribution in [0.1, 0.15) is 24.8 Å². The number of anilines is 1. The van der Waals surface area contributed by atoms with Gasteiger partial charge >= 0.3 is 11.7 Å². The lowest BCUT2D eigenvalue weighted by Gasteiger charge is -2.23. The molecule has 1 aliphatic rings. The van der Waals surface area contributed by atoms with Crippen molar-refractivity contribution in [2.75, 3.05) is 5.32 Å². The Morgan fingerprint density at radius 2 is 2.11 bits per heavy atom. The molecule has 18 heavy (non-hydrogen) atoms. The van der Waals surface area contributed by atoms with Crippen molar-refractivity contribution in [3.05, 3.63) is 26.4 Å². The predicted molar refractivity (Wildman–Crippen MR) is 60.6 cm³/mol. The second kappa shape index (κ2) is 4.13. The van der Waals surface area contributed by atoms with E-state index in [9.17, 15) is 19.2 Å². The van der Waals surface area contributed by atoms with E-state index in [4.69, 9.17) is 5.11 Å². The highest BCUT2D eigenvalue weighted by atomic mass is 16.4. The molecule has 0 saturated heterocycles. The van der Waals surface area contributed by atoms with Crippen molar-refractivity contribution in [3.63, 3.8) is 0 Å². The van der Waals surface area contributed by atoms with Crippen molar-refractivity contribution in [1.82, 2.24) is 9.55 Å². The van der Waals surface area contributed by atoms with E-state index in [0.29, 0.717) is 0 Å². The molecule has 0 spiro atoms. The first-order valence-corrected chi connectivity index (χ1v) is 5.35. The number of hydrogen-bond acceptors (Lipinski definition) is 4. The standard InChI is InChI=1S/C10H11N3O5/c1-2-13-7-6(8(15)12-10(13)18)4(9(16)17)3-5(14)11-7/h4H,2-3H2,1H3,(H,11,14)(H,16,17)(H,12,15,18)/t4-/m1/s1. The Labute approximate surface area is 100 Å². The zero-order valence-corrected chi connectivity index (χ0v) is 9.52. The fourth-order valence-corrected chi connectivity index (χ4v) is 2.03. The minimum atomic E-state index is -1.27. The van der Waals surface area contributed by atoms with Gasteiger partial charge in [-0.05, 0) is 6.92 Å². The summed E-state index contributed by atoms with van der Waals surface area (Å²) < 4.78 is 1.13. The molecule has 1 atom stereocenters. The second-order valence-corrected chi connectivity index (χ2v) is 3.91. The lowest BCUT2D eigenvalue weighted by atomic mass is 9.93. The van der Waals surface area contributed by atoms with Crippen molar-refractivity contribution in [1.29, 1.82) is 0 Å². The van der Waals surface area contributed by atoms with E-state index in [1.165, 1.54) is 0 Å². The molecule has 1 aromatic heterocycles. The van der Waals surface area contributed by atoms with Gasteiger partial charge in [-0.2, -0.15) is 0 Å². The number of carboxylic acids is 1. The molecular formula is C10H11N3O5. The van der Waals surface area contributed by atoms with Gasteiger partial charge in [0.25, 0.3) is 5.56 Å². The highest BCUT2D eigenvalue weighted by Gasteiger charge is 2.35. The van der Waals surface area contributed by atoms with Gasteiger partial charge in [0.1, 0.15) is 5.82 Å². The number of carboxylic acid groups (broad SMARTS) is 1. The number of nitrogens with zero attached hydrogens (tertiary/aromatic N) is 1. The average molecular weight is 253 g/mol. The number of aromatic nitrogens is 2. The molecular weight excluding hydrogens is 242 g/mol.